The number of nitrogens with one attached hydrogen (secondary N) is 2. The van der Waals surface area contributed by atoms with Gasteiger partial charge in [0.25, 0.3) is 0 Å². The minimum absolute atomic E-state index is 0. The third kappa shape index (κ3) is 4.25. The van der Waals surface area contributed by atoms with Crippen LogP contribution in [0.1, 0.15) is 13.3 Å². The standard InChI is InChI=1S/C23H20N2O3.ClH/c1-2-21(23(26)27)28-16-13-11-15(12-14-16)24-22-17-7-3-5-9-19(17)25-20-10-6-4-8-18(20)22;/h3-14,21H,2H2,1H3,(H,24,25)(H,26,27);1H. The second-order valence-corrected chi connectivity index (χ2v) is 6.59. The number of fused-ring (bicyclic) bond motifs is 2. The highest BCUT2D eigenvalue weighted by atomic mass is 35.5. The summed E-state index contributed by atoms with van der Waals surface area (Å²) in [7, 11) is 0. The molecule has 4 aromatic rings. The number of H-pyrrole nitrogens is 1. The van der Waals surface area contributed by atoms with Crippen LogP contribution >= 0.6 is 0 Å². The molecular formula is C23H21ClN2O3. The average molecular weight is 409 g/mol. The molecule has 3 aromatic carbocycles. The van der Waals surface area contributed by atoms with E-state index in [4.69, 9.17) is 9.84 Å². The Hall–Kier alpha value is -3.31. The van der Waals surface area contributed by atoms with E-state index in [0.717, 1.165) is 33.2 Å². The molecule has 0 amide bonds. The van der Waals surface area contributed by atoms with Crippen LogP contribution in [0.4, 0.5) is 11.4 Å². The van der Waals surface area contributed by atoms with Gasteiger partial charge in [-0.15, -0.1) is 0 Å². The Balaban J connectivity index is 0.00000240. The number of aromatic amines is 1. The first kappa shape index (κ1) is 20.4. The summed E-state index contributed by atoms with van der Waals surface area (Å²) in [6, 6.07) is 23.7. The number of aliphatic carboxylic acids is 1. The van der Waals surface area contributed by atoms with E-state index in [1.165, 1.54) is 0 Å². The smallest absolute Gasteiger partial charge is 0.344 e. The second kappa shape index (κ2) is 8.80. The van der Waals surface area contributed by atoms with Crippen molar-refractivity contribution in [3.05, 3.63) is 72.8 Å². The van der Waals surface area contributed by atoms with Gasteiger partial charge < -0.3 is 27.6 Å². The Kier molecular flexibility index (Phi) is 6.20. The van der Waals surface area contributed by atoms with Crippen LogP contribution in [0.2, 0.25) is 0 Å². The van der Waals surface area contributed by atoms with Crippen LogP contribution in [-0.2, 0) is 4.79 Å². The lowest BCUT2D eigenvalue weighted by molar-refractivity contribution is -0.310. The van der Waals surface area contributed by atoms with Crippen LogP contribution in [0.15, 0.2) is 72.8 Å². The molecule has 5 nitrogen and oxygen atoms in total. The Labute approximate surface area is 174 Å². The summed E-state index contributed by atoms with van der Waals surface area (Å²) in [5.74, 6) is -0.418. The van der Waals surface area contributed by atoms with Crippen LogP contribution in [-0.4, -0.2) is 17.2 Å². The van der Waals surface area contributed by atoms with Crippen molar-refractivity contribution < 1.29 is 32.0 Å². The number of hydrogen-bond acceptors (Lipinski definition) is 3. The molecule has 4 rings (SSSR count). The first-order valence-corrected chi connectivity index (χ1v) is 9.25. The second-order valence-electron chi connectivity index (χ2n) is 6.59. The molecule has 1 unspecified atom stereocenters. The Morgan fingerprint density at radius 3 is 2.03 bits per heavy atom. The predicted molar refractivity (Wildman–Crippen MR) is 110 cm³/mol. The number of aromatic nitrogens is 1. The fourth-order valence-electron chi connectivity index (χ4n) is 3.28. The summed E-state index contributed by atoms with van der Waals surface area (Å²) < 4.78 is 5.54. The molecule has 0 saturated heterocycles. The van der Waals surface area contributed by atoms with E-state index in [-0.39, 0.29) is 12.4 Å². The molecule has 3 N–H and O–H groups in total. The maximum Gasteiger partial charge on any atom is 0.344 e. The van der Waals surface area contributed by atoms with Gasteiger partial charge >= 0.3 is 5.97 Å². The van der Waals surface area contributed by atoms with Gasteiger partial charge in [0.1, 0.15) is 5.75 Å². The lowest BCUT2D eigenvalue weighted by Gasteiger charge is -2.14. The molecule has 0 fully saturated rings. The zero-order valence-electron chi connectivity index (χ0n) is 15.9. The van der Waals surface area contributed by atoms with Gasteiger partial charge in [0.15, 0.2) is 6.10 Å². The average Bonchev–Trinajstić information content (AvgIpc) is 2.72. The molecule has 0 saturated carbocycles. The summed E-state index contributed by atoms with van der Waals surface area (Å²) in [6.45, 7) is 1.79. The molecule has 1 heterocycles. The number of ether oxygens (including phenoxy) is 1. The van der Waals surface area contributed by atoms with Gasteiger partial charge in [-0.1, -0.05) is 31.2 Å². The van der Waals surface area contributed by atoms with E-state index in [0.29, 0.717) is 12.2 Å². The van der Waals surface area contributed by atoms with Crippen LogP contribution in [0.3, 0.4) is 0 Å². The first-order chi connectivity index (χ1) is 13.7. The Morgan fingerprint density at radius 2 is 1.52 bits per heavy atom. The van der Waals surface area contributed by atoms with Crippen molar-refractivity contribution in [3.63, 3.8) is 0 Å². The Bertz CT molecular complexity index is 1090. The highest BCUT2D eigenvalue weighted by molar-refractivity contribution is 6.05. The number of para-hydroxylation sites is 2. The minimum Gasteiger partial charge on any atom is -1.00 e. The third-order valence-corrected chi connectivity index (χ3v) is 4.71. The molecule has 0 bridgehead atoms. The van der Waals surface area contributed by atoms with Gasteiger partial charge in [-0.2, -0.15) is 0 Å². The van der Waals surface area contributed by atoms with Crippen molar-refractivity contribution in [2.45, 2.75) is 19.4 Å². The van der Waals surface area contributed by atoms with Crippen molar-refractivity contribution in [2.75, 3.05) is 5.32 Å². The van der Waals surface area contributed by atoms with Crippen LogP contribution in [0.25, 0.3) is 21.8 Å². The quantitative estimate of drug-likeness (QED) is 0.477. The fourth-order valence-corrected chi connectivity index (χ4v) is 3.28. The SMILES string of the molecule is CCC(Oc1ccc(Nc2c3ccccc3[nH+]c3ccccc23)cc1)C(=O)O.[Cl-]. The highest BCUT2D eigenvalue weighted by Gasteiger charge is 2.17. The highest BCUT2D eigenvalue weighted by Crippen LogP contribution is 2.31. The van der Waals surface area contributed by atoms with Crippen molar-refractivity contribution in [1.29, 1.82) is 0 Å². The van der Waals surface area contributed by atoms with Crippen LogP contribution < -0.4 is 27.4 Å². The molecule has 148 valence electrons. The number of carboxylic acid groups (broad SMARTS) is 1. The van der Waals surface area contributed by atoms with Crippen molar-refractivity contribution in [2.24, 2.45) is 0 Å². The summed E-state index contributed by atoms with van der Waals surface area (Å²) in [4.78, 5) is 14.6. The number of carboxylic acids is 1. The van der Waals surface area contributed by atoms with Crippen LogP contribution in [0, 0.1) is 0 Å². The maximum absolute atomic E-state index is 11.2. The van der Waals surface area contributed by atoms with E-state index in [2.05, 4.69) is 34.6 Å². The van der Waals surface area contributed by atoms with Crippen molar-refractivity contribution >= 4 is 39.1 Å². The van der Waals surface area contributed by atoms with Gasteiger partial charge in [0.05, 0.1) is 16.5 Å². The fraction of sp³-hybridized carbons (Fsp3) is 0.130. The van der Waals surface area contributed by atoms with Crippen molar-refractivity contribution in [1.82, 2.24) is 0 Å². The maximum atomic E-state index is 11.2. The number of anilines is 2. The van der Waals surface area contributed by atoms with Crippen LogP contribution in [0.5, 0.6) is 5.75 Å². The van der Waals surface area contributed by atoms with E-state index in [9.17, 15) is 4.79 Å². The molecule has 0 aliphatic rings. The van der Waals surface area contributed by atoms with E-state index < -0.39 is 12.1 Å². The van der Waals surface area contributed by atoms with Gasteiger partial charge in [-0.25, -0.2) is 9.78 Å². The zero-order chi connectivity index (χ0) is 19.5. The molecule has 29 heavy (non-hydrogen) atoms. The van der Waals surface area contributed by atoms with Gasteiger partial charge in [0, 0.05) is 17.8 Å². The van der Waals surface area contributed by atoms with Gasteiger partial charge in [-0.05, 0) is 42.8 Å². The molecule has 0 aliphatic heterocycles. The van der Waals surface area contributed by atoms with Gasteiger partial charge in [-0.3, -0.25) is 0 Å². The van der Waals surface area contributed by atoms with E-state index in [1.54, 1.807) is 19.1 Å². The van der Waals surface area contributed by atoms with Crippen molar-refractivity contribution in [3.8, 4) is 5.75 Å². The topological polar surface area (TPSA) is 72.7 Å². The summed E-state index contributed by atoms with van der Waals surface area (Å²) >= 11 is 0. The normalized spacial score (nSPS) is 11.6. The largest absolute Gasteiger partial charge is 1.00 e. The molecule has 0 spiro atoms. The predicted octanol–water partition coefficient (Wildman–Crippen LogP) is 1.80. The molecular weight excluding hydrogens is 388 g/mol. The summed E-state index contributed by atoms with van der Waals surface area (Å²) in [5, 5.41) is 14.9. The molecule has 6 heteroatoms. The lowest BCUT2D eigenvalue weighted by atomic mass is 10.1. The number of halogens is 1. The number of pyridine rings is 1. The molecule has 1 aromatic heterocycles. The monoisotopic (exact) mass is 408 g/mol. The minimum atomic E-state index is -0.955. The first-order valence-electron chi connectivity index (χ1n) is 9.25. The van der Waals surface area contributed by atoms with Gasteiger partial charge in [0.2, 0.25) is 11.0 Å². The summed E-state index contributed by atoms with van der Waals surface area (Å²) in [5.41, 5.74) is 4.03. The van der Waals surface area contributed by atoms with E-state index >= 15 is 0 Å². The molecule has 0 aliphatic carbocycles. The molecule has 1 atom stereocenters. The number of hydrogen-bond donors (Lipinski definition) is 2. The third-order valence-electron chi connectivity index (χ3n) is 4.71. The zero-order valence-corrected chi connectivity index (χ0v) is 16.6. The Morgan fingerprint density at radius 1 is 0.966 bits per heavy atom. The lowest BCUT2D eigenvalue weighted by Crippen LogP contribution is -3.00. The summed E-state index contributed by atoms with van der Waals surface area (Å²) in [6.07, 6.45) is -0.426. The molecule has 0 radical (unpaired) electrons. The van der Waals surface area contributed by atoms with E-state index in [1.807, 2.05) is 36.4 Å². The number of rotatable bonds is 6. The number of carbonyl (C=O) groups is 1. The number of benzene rings is 3.